The van der Waals surface area contributed by atoms with Gasteiger partial charge >= 0.3 is 0 Å². The molecule has 0 aromatic carbocycles. The van der Waals surface area contributed by atoms with Gasteiger partial charge < -0.3 is 10.6 Å². The molecular weight excluding hydrogens is 184 g/mol. The van der Waals surface area contributed by atoms with Crippen LogP contribution >= 0.6 is 0 Å². The highest BCUT2D eigenvalue weighted by Crippen LogP contribution is 2.09. The fourth-order valence-electron chi connectivity index (χ4n) is 1.12. The van der Waals surface area contributed by atoms with Crippen molar-refractivity contribution >= 4 is 16.0 Å². The third-order valence-corrected chi connectivity index (χ3v) is 2.20. The van der Waals surface area contributed by atoms with E-state index < -0.39 is 16.0 Å². The first kappa shape index (κ1) is 9.43. The summed E-state index contributed by atoms with van der Waals surface area (Å²) in [5, 5.41) is 0. The van der Waals surface area contributed by atoms with Gasteiger partial charge in [-0.05, 0) is 0 Å². The number of hydrogen-bond donors (Lipinski definition) is 2. The first-order valence-electron chi connectivity index (χ1n) is 3.37. The Hall–Kier alpha value is -0.660. The molecule has 0 saturated carbocycles. The smallest absolute Gasteiger partial charge is 0.283 e. The molecule has 0 spiro atoms. The molecule has 1 aliphatic rings. The maximum Gasteiger partial charge on any atom is 0.283 e. The van der Waals surface area contributed by atoms with Gasteiger partial charge in [0.1, 0.15) is 5.88 Å². The second-order valence-corrected chi connectivity index (χ2v) is 4.21. The van der Waals surface area contributed by atoms with Crippen LogP contribution in [0.15, 0.2) is 0 Å². The first-order valence-corrected chi connectivity index (χ1v) is 4.98. The highest BCUT2D eigenvalue weighted by Gasteiger charge is 2.29. The molecule has 1 saturated heterocycles. The highest BCUT2D eigenvalue weighted by atomic mass is 32.2. The van der Waals surface area contributed by atoms with Gasteiger partial charge in [-0.15, -0.1) is 0 Å². The lowest BCUT2D eigenvalue weighted by Gasteiger charge is -2.12. The molecule has 1 aliphatic heterocycles. The summed E-state index contributed by atoms with van der Waals surface area (Å²) in [6.45, 7) is 0.193. The predicted octanol–water partition coefficient (Wildman–Crippen LogP) is -1.61. The summed E-state index contributed by atoms with van der Waals surface area (Å²) in [6.07, 6.45) is 0.148. The first-order chi connectivity index (χ1) is 5.38. The number of hydrogen-bond acceptors (Lipinski definition) is 4. The normalized spacial score (nSPS) is 25.0. The van der Waals surface area contributed by atoms with Crippen molar-refractivity contribution in [2.45, 2.75) is 12.5 Å². The van der Waals surface area contributed by atoms with Crippen LogP contribution in [0.2, 0.25) is 0 Å². The Labute approximate surface area is 70.1 Å². The molecule has 1 unspecified atom stereocenters. The van der Waals surface area contributed by atoms with E-state index in [4.69, 9.17) is 10.3 Å². The zero-order valence-corrected chi connectivity index (χ0v) is 7.12. The molecular formula is C5H10N2O4S. The Balaban J connectivity index is 2.61. The van der Waals surface area contributed by atoms with E-state index in [2.05, 4.69) is 0 Å². The van der Waals surface area contributed by atoms with Crippen molar-refractivity contribution in [1.29, 1.82) is 0 Å². The predicted molar refractivity (Wildman–Crippen MR) is 40.7 cm³/mol. The van der Waals surface area contributed by atoms with Crippen LogP contribution in [0.3, 0.4) is 0 Å². The summed E-state index contributed by atoms with van der Waals surface area (Å²) < 4.78 is 29.1. The van der Waals surface area contributed by atoms with Gasteiger partial charge in [0, 0.05) is 19.0 Å². The van der Waals surface area contributed by atoms with Crippen molar-refractivity contribution < 1.29 is 17.8 Å². The Bertz CT molecular complexity index is 286. The summed E-state index contributed by atoms with van der Waals surface area (Å²) in [5.41, 5.74) is 5.40. The topological polar surface area (TPSA) is 101 Å². The molecule has 70 valence electrons. The van der Waals surface area contributed by atoms with Gasteiger partial charge in [-0.2, -0.15) is 8.42 Å². The number of carbonyl (C=O) groups is 1. The molecule has 0 aliphatic carbocycles. The van der Waals surface area contributed by atoms with Crippen LogP contribution in [0.5, 0.6) is 0 Å². The van der Waals surface area contributed by atoms with Gasteiger partial charge in [-0.3, -0.25) is 9.35 Å². The number of amides is 1. The van der Waals surface area contributed by atoms with E-state index in [1.165, 1.54) is 0 Å². The molecule has 1 rings (SSSR count). The quantitative estimate of drug-likeness (QED) is 0.515. The lowest BCUT2D eigenvalue weighted by molar-refractivity contribution is -0.127. The number of likely N-dealkylation sites (tertiary alicyclic amines) is 1. The second-order valence-electron chi connectivity index (χ2n) is 2.79. The molecule has 12 heavy (non-hydrogen) atoms. The summed E-state index contributed by atoms with van der Waals surface area (Å²) in [5.74, 6) is -0.986. The van der Waals surface area contributed by atoms with Crippen LogP contribution < -0.4 is 5.73 Å². The molecule has 7 heteroatoms. The largest absolute Gasteiger partial charge is 0.326 e. The third kappa shape index (κ3) is 2.43. The van der Waals surface area contributed by atoms with E-state index in [9.17, 15) is 13.2 Å². The van der Waals surface area contributed by atoms with Gasteiger partial charge in [0.25, 0.3) is 10.1 Å². The Morgan fingerprint density at radius 1 is 1.67 bits per heavy atom. The second kappa shape index (κ2) is 3.00. The van der Waals surface area contributed by atoms with Crippen LogP contribution in [0, 0.1) is 0 Å². The maximum atomic E-state index is 10.9. The van der Waals surface area contributed by atoms with Crippen LogP contribution in [0.4, 0.5) is 0 Å². The molecule has 0 bridgehead atoms. The fraction of sp³-hybridized carbons (Fsp3) is 0.800. The molecule has 1 amide bonds. The minimum atomic E-state index is -4.11. The summed E-state index contributed by atoms with van der Waals surface area (Å²) in [6, 6.07) is -0.320. The van der Waals surface area contributed by atoms with Crippen molar-refractivity contribution in [1.82, 2.24) is 4.90 Å². The van der Waals surface area contributed by atoms with Gasteiger partial charge in [-0.1, -0.05) is 0 Å². The van der Waals surface area contributed by atoms with Crippen molar-refractivity contribution in [2.75, 3.05) is 12.4 Å². The molecule has 1 fully saturated rings. The number of nitrogens with two attached hydrogens (primary N) is 1. The zero-order chi connectivity index (χ0) is 9.35. The monoisotopic (exact) mass is 194 g/mol. The lowest BCUT2D eigenvalue weighted by Crippen LogP contribution is -2.32. The van der Waals surface area contributed by atoms with E-state index >= 15 is 0 Å². The highest BCUT2D eigenvalue weighted by molar-refractivity contribution is 7.85. The summed E-state index contributed by atoms with van der Waals surface area (Å²) >= 11 is 0. The number of nitrogens with zero attached hydrogens (tertiary/aromatic N) is 1. The van der Waals surface area contributed by atoms with Gasteiger partial charge in [0.2, 0.25) is 5.91 Å². The van der Waals surface area contributed by atoms with Gasteiger partial charge in [-0.25, -0.2) is 0 Å². The summed E-state index contributed by atoms with van der Waals surface area (Å²) in [7, 11) is -4.11. The molecule has 1 heterocycles. The Morgan fingerprint density at radius 2 is 2.25 bits per heavy atom. The van der Waals surface area contributed by atoms with E-state index in [0.717, 1.165) is 4.90 Å². The Kier molecular flexibility index (Phi) is 2.36. The number of carbonyl (C=O) groups excluding carboxylic acids is 1. The van der Waals surface area contributed by atoms with Crippen molar-refractivity contribution in [2.24, 2.45) is 5.73 Å². The van der Waals surface area contributed by atoms with Crippen LogP contribution in [-0.2, 0) is 14.9 Å². The molecule has 6 nitrogen and oxygen atoms in total. The summed E-state index contributed by atoms with van der Waals surface area (Å²) in [4.78, 5) is 12.0. The van der Waals surface area contributed by atoms with Crippen molar-refractivity contribution in [3.05, 3.63) is 0 Å². The maximum absolute atomic E-state index is 10.9. The fourth-order valence-corrected chi connectivity index (χ4v) is 1.77. The minimum absolute atomic E-state index is 0.148. The van der Waals surface area contributed by atoms with Gasteiger partial charge in [0.05, 0.1) is 0 Å². The van der Waals surface area contributed by atoms with E-state index in [0.29, 0.717) is 0 Å². The molecule has 0 aromatic rings. The SMILES string of the molecule is NC1CC(=O)N(CS(=O)(=O)O)C1. The van der Waals surface area contributed by atoms with Crippen molar-refractivity contribution in [3.63, 3.8) is 0 Å². The zero-order valence-electron chi connectivity index (χ0n) is 6.30. The Morgan fingerprint density at radius 3 is 2.58 bits per heavy atom. The number of rotatable bonds is 2. The minimum Gasteiger partial charge on any atom is -0.326 e. The lowest BCUT2D eigenvalue weighted by atomic mass is 10.3. The van der Waals surface area contributed by atoms with Crippen molar-refractivity contribution in [3.8, 4) is 0 Å². The van der Waals surface area contributed by atoms with Crippen LogP contribution in [-0.4, -0.2) is 42.2 Å². The van der Waals surface area contributed by atoms with E-state index in [-0.39, 0.29) is 24.9 Å². The molecule has 1 atom stereocenters. The standard InChI is InChI=1S/C5H10N2O4S/c6-4-1-5(8)7(2-4)3-12(9,10)11/h4H,1-3,6H2,(H,9,10,11). The third-order valence-electron chi connectivity index (χ3n) is 1.56. The molecule has 0 aromatic heterocycles. The van der Waals surface area contributed by atoms with Crippen LogP contribution in [0.25, 0.3) is 0 Å². The van der Waals surface area contributed by atoms with E-state index in [1.54, 1.807) is 0 Å². The molecule has 0 radical (unpaired) electrons. The van der Waals surface area contributed by atoms with Crippen LogP contribution in [0.1, 0.15) is 6.42 Å². The molecule has 3 N–H and O–H groups in total. The average Bonchev–Trinajstić information content (AvgIpc) is 2.06. The van der Waals surface area contributed by atoms with Gasteiger partial charge in [0.15, 0.2) is 0 Å². The average molecular weight is 194 g/mol. The van der Waals surface area contributed by atoms with E-state index in [1.807, 2.05) is 0 Å².